The molecule has 2 amide bonds. The van der Waals surface area contributed by atoms with E-state index in [0.29, 0.717) is 17.9 Å². The summed E-state index contributed by atoms with van der Waals surface area (Å²) in [6.07, 6.45) is 3.53. The number of thiocarbonyl (C=S) groups is 1. The van der Waals surface area contributed by atoms with Crippen molar-refractivity contribution >= 4 is 46.6 Å². The summed E-state index contributed by atoms with van der Waals surface area (Å²) in [5.74, 6) is -0.286. The molecule has 0 aromatic heterocycles. The normalized spacial score (nSPS) is 19.9. The SMILES string of the molecule is CCOC(=O)N1C(=O)C2(CCCCC2)N(c2cccc(Cl)c2)C1=S. The molecule has 0 atom stereocenters. The van der Waals surface area contributed by atoms with Gasteiger partial charge in [0.2, 0.25) is 0 Å². The fourth-order valence-corrected chi connectivity index (χ4v) is 4.19. The van der Waals surface area contributed by atoms with Crippen LogP contribution in [0.3, 0.4) is 0 Å². The zero-order valence-electron chi connectivity index (χ0n) is 13.5. The lowest BCUT2D eigenvalue weighted by molar-refractivity contribution is -0.130. The van der Waals surface area contributed by atoms with E-state index >= 15 is 0 Å². The first-order valence-corrected chi connectivity index (χ1v) is 8.91. The highest BCUT2D eigenvalue weighted by atomic mass is 35.5. The summed E-state index contributed by atoms with van der Waals surface area (Å²) < 4.78 is 5.03. The number of hydrogen-bond donors (Lipinski definition) is 0. The highest BCUT2D eigenvalue weighted by Gasteiger charge is 2.58. The number of carbonyl (C=O) groups is 2. The number of benzene rings is 1. The fraction of sp³-hybridized carbons (Fsp3) is 0.471. The van der Waals surface area contributed by atoms with E-state index in [1.54, 1.807) is 24.0 Å². The second-order valence-corrected chi connectivity index (χ2v) is 6.83. The minimum absolute atomic E-state index is 0.169. The van der Waals surface area contributed by atoms with Gasteiger partial charge in [-0.25, -0.2) is 4.79 Å². The first-order valence-electron chi connectivity index (χ1n) is 8.12. The molecule has 1 aromatic carbocycles. The molecule has 2 fully saturated rings. The molecule has 1 aromatic rings. The van der Waals surface area contributed by atoms with Crippen LogP contribution in [0.15, 0.2) is 24.3 Å². The average Bonchev–Trinajstić information content (AvgIpc) is 2.76. The van der Waals surface area contributed by atoms with Gasteiger partial charge >= 0.3 is 6.09 Å². The molecule has 1 spiro atoms. The van der Waals surface area contributed by atoms with Crippen molar-refractivity contribution in [2.24, 2.45) is 0 Å². The highest BCUT2D eigenvalue weighted by molar-refractivity contribution is 7.80. The van der Waals surface area contributed by atoms with Crippen LogP contribution in [0.2, 0.25) is 5.02 Å². The summed E-state index contributed by atoms with van der Waals surface area (Å²) in [6, 6.07) is 7.21. The Morgan fingerprint density at radius 1 is 1.33 bits per heavy atom. The van der Waals surface area contributed by atoms with Crippen molar-refractivity contribution in [3.63, 3.8) is 0 Å². The lowest BCUT2D eigenvalue weighted by atomic mass is 9.80. The average molecular weight is 367 g/mol. The molecule has 1 aliphatic carbocycles. The molecule has 1 heterocycles. The van der Waals surface area contributed by atoms with E-state index in [-0.39, 0.29) is 17.6 Å². The Bertz CT molecular complexity index is 688. The molecule has 24 heavy (non-hydrogen) atoms. The van der Waals surface area contributed by atoms with E-state index in [9.17, 15) is 9.59 Å². The second-order valence-electron chi connectivity index (χ2n) is 6.03. The monoisotopic (exact) mass is 366 g/mol. The lowest BCUT2D eigenvalue weighted by Gasteiger charge is -2.39. The minimum Gasteiger partial charge on any atom is -0.449 e. The number of halogens is 1. The summed E-state index contributed by atoms with van der Waals surface area (Å²) in [5.41, 5.74) is -0.0817. The standard InChI is InChI=1S/C17H19ClN2O3S/c1-2-23-16(22)19-14(21)17(9-4-3-5-10-17)20(15(19)24)13-8-6-7-12(18)11-13/h6-8,11H,2-5,9-10H2,1H3. The minimum atomic E-state index is -0.813. The Balaban J connectivity index is 2.08. The molecule has 7 heteroatoms. The van der Waals surface area contributed by atoms with Crippen molar-refractivity contribution < 1.29 is 14.3 Å². The lowest BCUT2D eigenvalue weighted by Crippen LogP contribution is -2.51. The van der Waals surface area contributed by atoms with Gasteiger partial charge in [0.1, 0.15) is 5.54 Å². The van der Waals surface area contributed by atoms with Crippen LogP contribution in [0, 0.1) is 0 Å². The Kier molecular flexibility index (Phi) is 4.78. The van der Waals surface area contributed by atoms with E-state index in [0.717, 1.165) is 29.8 Å². The van der Waals surface area contributed by atoms with Crippen LogP contribution in [0.1, 0.15) is 39.0 Å². The summed E-state index contributed by atoms with van der Waals surface area (Å²) in [5, 5.41) is 0.728. The molecule has 1 aliphatic heterocycles. The molecule has 1 saturated heterocycles. The van der Waals surface area contributed by atoms with Crippen LogP contribution in [-0.4, -0.2) is 34.2 Å². The number of nitrogens with zero attached hydrogens (tertiary/aromatic N) is 2. The highest BCUT2D eigenvalue weighted by Crippen LogP contribution is 2.43. The number of ether oxygens (including phenoxy) is 1. The van der Waals surface area contributed by atoms with Crippen LogP contribution in [-0.2, 0) is 9.53 Å². The molecule has 1 saturated carbocycles. The Morgan fingerprint density at radius 2 is 2.04 bits per heavy atom. The topological polar surface area (TPSA) is 49.9 Å². The van der Waals surface area contributed by atoms with Crippen molar-refractivity contribution in [3.8, 4) is 0 Å². The molecule has 0 N–H and O–H groups in total. The molecule has 0 unspecified atom stereocenters. The first-order chi connectivity index (χ1) is 11.5. The van der Waals surface area contributed by atoms with E-state index in [4.69, 9.17) is 28.6 Å². The van der Waals surface area contributed by atoms with Crippen molar-refractivity contribution in [1.29, 1.82) is 0 Å². The third kappa shape index (κ3) is 2.67. The first kappa shape index (κ1) is 17.2. The number of rotatable bonds is 2. The summed E-state index contributed by atoms with van der Waals surface area (Å²) in [7, 11) is 0. The number of imide groups is 1. The van der Waals surface area contributed by atoms with Gasteiger partial charge in [-0.2, -0.15) is 4.90 Å². The fourth-order valence-electron chi connectivity index (χ4n) is 3.57. The smallest absolute Gasteiger partial charge is 0.423 e. The maximum Gasteiger partial charge on any atom is 0.423 e. The third-order valence-corrected chi connectivity index (χ3v) is 5.21. The van der Waals surface area contributed by atoms with Gasteiger partial charge in [-0.3, -0.25) is 4.79 Å². The van der Waals surface area contributed by atoms with Crippen LogP contribution >= 0.6 is 23.8 Å². The molecule has 0 bridgehead atoms. The number of amides is 2. The molecule has 128 valence electrons. The quantitative estimate of drug-likeness (QED) is 0.736. The van der Waals surface area contributed by atoms with Gasteiger partial charge in [0.25, 0.3) is 5.91 Å². The summed E-state index contributed by atoms with van der Waals surface area (Å²) in [4.78, 5) is 28.2. The molecule has 0 radical (unpaired) electrons. The van der Waals surface area contributed by atoms with Gasteiger partial charge in [0.05, 0.1) is 6.61 Å². The van der Waals surface area contributed by atoms with Crippen LogP contribution in [0.4, 0.5) is 10.5 Å². The maximum absolute atomic E-state index is 13.1. The van der Waals surface area contributed by atoms with Gasteiger partial charge in [0, 0.05) is 10.7 Å². The Hall–Kier alpha value is -1.66. The molecule has 2 aliphatic rings. The predicted molar refractivity (Wildman–Crippen MR) is 96.2 cm³/mol. The van der Waals surface area contributed by atoms with Gasteiger partial charge in [-0.15, -0.1) is 0 Å². The molecular weight excluding hydrogens is 348 g/mol. The van der Waals surface area contributed by atoms with Crippen molar-refractivity contribution in [2.45, 2.75) is 44.6 Å². The molecular formula is C17H19ClN2O3S. The zero-order chi connectivity index (χ0) is 17.3. The van der Waals surface area contributed by atoms with Crippen molar-refractivity contribution in [3.05, 3.63) is 29.3 Å². The van der Waals surface area contributed by atoms with E-state index in [2.05, 4.69) is 0 Å². The summed E-state index contributed by atoms with van der Waals surface area (Å²) in [6.45, 7) is 1.89. The Morgan fingerprint density at radius 3 is 2.67 bits per heavy atom. The van der Waals surface area contributed by atoms with E-state index in [1.165, 1.54) is 0 Å². The number of carbonyl (C=O) groups excluding carboxylic acids is 2. The van der Waals surface area contributed by atoms with Crippen LogP contribution in [0.25, 0.3) is 0 Å². The van der Waals surface area contributed by atoms with Gasteiger partial charge in [0.15, 0.2) is 5.11 Å². The van der Waals surface area contributed by atoms with E-state index in [1.807, 2.05) is 12.1 Å². The van der Waals surface area contributed by atoms with Gasteiger partial charge < -0.3 is 9.64 Å². The Labute approximate surface area is 151 Å². The second kappa shape index (κ2) is 6.69. The summed E-state index contributed by atoms with van der Waals surface area (Å²) >= 11 is 11.6. The molecule has 3 rings (SSSR count). The number of hydrogen-bond acceptors (Lipinski definition) is 4. The van der Waals surface area contributed by atoms with Crippen LogP contribution in [0.5, 0.6) is 0 Å². The van der Waals surface area contributed by atoms with Crippen molar-refractivity contribution in [1.82, 2.24) is 4.90 Å². The molecule has 5 nitrogen and oxygen atoms in total. The maximum atomic E-state index is 13.1. The van der Waals surface area contributed by atoms with Crippen molar-refractivity contribution in [2.75, 3.05) is 11.5 Å². The largest absolute Gasteiger partial charge is 0.449 e. The number of anilines is 1. The van der Waals surface area contributed by atoms with Crippen LogP contribution < -0.4 is 4.90 Å². The van der Waals surface area contributed by atoms with E-state index < -0.39 is 11.6 Å². The predicted octanol–water partition coefficient (Wildman–Crippen LogP) is 4.13. The zero-order valence-corrected chi connectivity index (χ0v) is 15.0. The van der Waals surface area contributed by atoms with Gasteiger partial charge in [-0.1, -0.05) is 36.9 Å². The van der Waals surface area contributed by atoms with Gasteiger partial charge in [-0.05, 0) is 50.2 Å². The third-order valence-electron chi connectivity index (χ3n) is 4.61.